The summed E-state index contributed by atoms with van der Waals surface area (Å²) in [6, 6.07) is 10.5. The monoisotopic (exact) mass is 509 g/mol. The number of nitrogens with one attached hydrogen (secondary N) is 2. The molecule has 1 atom stereocenters. The van der Waals surface area contributed by atoms with E-state index in [0.29, 0.717) is 35.4 Å². The Bertz CT molecular complexity index is 1530. The van der Waals surface area contributed by atoms with E-state index < -0.39 is 30.6 Å². The normalized spacial score (nSPS) is 18.8. The van der Waals surface area contributed by atoms with Crippen molar-refractivity contribution in [3.05, 3.63) is 70.9 Å². The van der Waals surface area contributed by atoms with Gasteiger partial charge in [-0.05, 0) is 29.3 Å². The SMILES string of the molecule is COc1ccccc1-c1cc(C2CNCC(F)(F)C2)c(F)c2[nH]c(C(=O)N3Cc4cnn(C)c4C3)cc12. The van der Waals surface area contributed by atoms with Gasteiger partial charge in [0.1, 0.15) is 11.4 Å². The summed E-state index contributed by atoms with van der Waals surface area (Å²) in [7, 11) is 3.37. The van der Waals surface area contributed by atoms with E-state index in [1.807, 2.05) is 25.2 Å². The summed E-state index contributed by atoms with van der Waals surface area (Å²) in [5, 5.41) is 7.45. The van der Waals surface area contributed by atoms with Crippen LogP contribution in [0.5, 0.6) is 5.75 Å². The number of methoxy groups -OCH3 is 1. The number of fused-ring (bicyclic) bond motifs is 2. The number of amides is 1. The third kappa shape index (κ3) is 3.96. The minimum absolute atomic E-state index is 0.119. The Morgan fingerprint density at radius 1 is 1.19 bits per heavy atom. The van der Waals surface area contributed by atoms with Crippen LogP contribution in [0, 0.1) is 5.82 Å². The molecule has 1 saturated heterocycles. The van der Waals surface area contributed by atoms with Crippen molar-refractivity contribution in [1.82, 2.24) is 25.0 Å². The topological polar surface area (TPSA) is 75.2 Å². The average Bonchev–Trinajstić information content (AvgIpc) is 3.60. The van der Waals surface area contributed by atoms with Crippen molar-refractivity contribution in [3.8, 4) is 16.9 Å². The third-order valence-corrected chi connectivity index (χ3v) is 7.40. The molecule has 4 aromatic rings. The van der Waals surface area contributed by atoms with Crippen molar-refractivity contribution in [1.29, 1.82) is 0 Å². The number of ether oxygens (including phenoxy) is 1. The molecule has 2 aliphatic heterocycles. The largest absolute Gasteiger partial charge is 0.496 e. The van der Waals surface area contributed by atoms with Crippen LogP contribution in [0.2, 0.25) is 0 Å². The van der Waals surface area contributed by atoms with Crippen LogP contribution in [0.3, 0.4) is 0 Å². The van der Waals surface area contributed by atoms with Crippen molar-refractivity contribution >= 4 is 16.8 Å². The van der Waals surface area contributed by atoms with E-state index in [1.165, 1.54) is 7.11 Å². The van der Waals surface area contributed by atoms with Crippen LogP contribution < -0.4 is 10.1 Å². The molecular weight excluding hydrogens is 483 g/mol. The molecule has 7 nitrogen and oxygen atoms in total. The Labute approximate surface area is 211 Å². The fraction of sp³-hybridized carbons (Fsp3) is 0.333. The number of rotatable bonds is 4. The van der Waals surface area contributed by atoms with Crippen LogP contribution in [0.25, 0.3) is 22.0 Å². The van der Waals surface area contributed by atoms with Crippen LogP contribution >= 0.6 is 0 Å². The molecule has 10 heteroatoms. The smallest absolute Gasteiger partial charge is 0.270 e. The molecule has 0 radical (unpaired) electrons. The van der Waals surface area contributed by atoms with E-state index in [1.54, 1.807) is 34.0 Å². The van der Waals surface area contributed by atoms with Crippen molar-refractivity contribution in [3.63, 3.8) is 0 Å². The van der Waals surface area contributed by atoms with E-state index >= 15 is 4.39 Å². The van der Waals surface area contributed by atoms with Gasteiger partial charge in [0.25, 0.3) is 11.8 Å². The maximum Gasteiger partial charge on any atom is 0.270 e. The van der Waals surface area contributed by atoms with Crippen molar-refractivity contribution < 1.29 is 22.7 Å². The molecule has 37 heavy (non-hydrogen) atoms. The zero-order valence-electron chi connectivity index (χ0n) is 20.4. The van der Waals surface area contributed by atoms with Crippen LogP contribution in [-0.2, 0) is 20.1 Å². The van der Waals surface area contributed by atoms with Gasteiger partial charge >= 0.3 is 0 Å². The van der Waals surface area contributed by atoms with Gasteiger partial charge in [0.2, 0.25) is 0 Å². The number of H-pyrrole nitrogens is 1. The number of halogens is 3. The Morgan fingerprint density at radius 2 is 2.00 bits per heavy atom. The summed E-state index contributed by atoms with van der Waals surface area (Å²) in [5.41, 5.74) is 3.76. The van der Waals surface area contributed by atoms with Gasteiger partial charge in [0, 0.05) is 49.0 Å². The van der Waals surface area contributed by atoms with Crippen molar-refractivity contribution in [2.45, 2.75) is 31.4 Å². The first-order valence-electron chi connectivity index (χ1n) is 12.1. The van der Waals surface area contributed by atoms with Gasteiger partial charge in [-0.3, -0.25) is 9.48 Å². The van der Waals surface area contributed by atoms with E-state index in [0.717, 1.165) is 11.3 Å². The number of alkyl halides is 2. The highest BCUT2D eigenvalue weighted by Gasteiger charge is 2.38. The highest BCUT2D eigenvalue weighted by Crippen LogP contribution is 2.42. The van der Waals surface area contributed by atoms with E-state index in [2.05, 4.69) is 15.4 Å². The molecule has 1 fully saturated rings. The summed E-state index contributed by atoms with van der Waals surface area (Å²) in [5.74, 6) is -4.00. The molecule has 0 bridgehead atoms. The minimum Gasteiger partial charge on any atom is -0.496 e. The molecule has 1 amide bonds. The molecule has 2 N–H and O–H groups in total. The second-order valence-corrected chi connectivity index (χ2v) is 9.79. The summed E-state index contributed by atoms with van der Waals surface area (Å²) < 4.78 is 51.8. The van der Waals surface area contributed by atoms with Gasteiger partial charge in [-0.25, -0.2) is 13.2 Å². The second-order valence-electron chi connectivity index (χ2n) is 9.79. The zero-order chi connectivity index (χ0) is 25.9. The number of aryl methyl sites for hydroxylation is 1. The van der Waals surface area contributed by atoms with E-state index in [-0.39, 0.29) is 29.2 Å². The van der Waals surface area contributed by atoms with Gasteiger partial charge in [-0.2, -0.15) is 5.10 Å². The Morgan fingerprint density at radius 3 is 2.76 bits per heavy atom. The predicted octanol–water partition coefficient (Wildman–Crippen LogP) is 4.58. The molecule has 192 valence electrons. The van der Waals surface area contributed by atoms with Gasteiger partial charge in [-0.1, -0.05) is 18.2 Å². The van der Waals surface area contributed by atoms with Crippen LogP contribution in [0.4, 0.5) is 13.2 Å². The molecule has 6 rings (SSSR count). The minimum atomic E-state index is -2.94. The number of benzene rings is 2. The fourth-order valence-corrected chi connectivity index (χ4v) is 5.54. The van der Waals surface area contributed by atoms with Gasteiger partial charge in [0.15, 0.2) is 5.82 Å². The Kier molecular flexibility index (Phi) is 5.52. The number of aromatic nitrogens is 3. The third-order valence-electron chi connectivity index (χ3n) is 7.40. The fourth-order valence-electron chi connectivity index (χ4n) is 5.54. The lowest BCUT2D eigenvalue weighted by Crippen LogP contribution is -2.43. The summed E-state index contributed by atoms with van der Waals surface area (Å²) in [6.07, 6.45) is 1.29. The quantitative estimate of drug-likeness (QED) is 0.422. The molecule has 4 heterocycles. The molecule has 2 aromatic carbocycles. The van der Waals surface area contributed by atoms with Crippen molar-refractivity contribution in [2.24, 2.45) is 7.05 Å². The van der Waals surface area contributed by atoms with Crippen LogP contribution in [0.15, 0.2) is 42.6 Å². The lowest BCUT2D eigenvalue weighted by Gasteiger charge is -2.30. The van der Waals surface area contributed by atoms with Gasteiger partial charge in [-0.15, -0.1) is 0 Å². The molecular formula is C27H26F3N5O2. The van der Waals surface area contributed by atoms with E-state index in [9.17, 15) is 13.6 Å². The molecule has 2 aliphatic rings. The van der Waals surface area contributed by atoms with Crippen LogP contribution in [-0.4, -0.2) is 51.7 Å². The van der Waals surface area contributed by atoms with Gasteiger partial charge < -0.3 is 19.9 Å². The maximum absolute atomic E-state index is 16.0. The highest BCUT2D eigenvalue weighted by atomic mass is 19.3. The molecule has 0 aliphatic carbocycles. The number of piperidine rings is 1. The van der Waals surface area contributed by atoms with Gasteiger partial charge in [0.05, 0.1) is 37.6 Å². The standard InChI is InChI=1S/C27H26F3N5O2/c1-34-22-13-35(12-16(22)11-32-34)26(36)21-8-20-19(17-5-3-4-6-23(17)37-2)7-18(24(28)25(20)33-21)15-9-27(29,30)14-31-10-15/h3-8,11,15,31,33H,9-10,12-14H2,1-2H3. The Hall–Kier alpha value is -3.79. The number of hydrogen-bond donors (Lipinski definition) is 2. The maximum atomic E-state index is 16.0. The number of carbonyl (C=O) groups excluding carboxylic acids is 1. The van der Waals surface area contributed by atoms with Crippen molar-refractivity contribution in [2.75, 3.05) is 20.2 Å². The number of aromatic amines is 1. The molecule has 2 aromatic heterocycles. The average molecular weight is 510 g/mol. The molecule has 0 saturated carbocycles. The number of nitrogens with zero attached hydrogens (tertiary/aromatic N) is 3. The summed E-state index contributed by atoms with van der Waals surface area (Å²) in [6.45, 7) is 0.612. The summed E-state index contributed by atoms with van der Waals surface area (Å²) in [4.78, 5) is 18.1. The molecule has 0 spiro atoms. The molecule has 1 unspecified atom stereocenters. The lowest BCUT2D eigenvalue weighted by atomic mass is 9.86. The van der Waals surface area contributed by atoms with Crippen LogP contribution in [0.1, 0.15) is 39.6 Å². The first kappa shape index (κ1) is 23.6. The number of para-hydroxylation sites is 1. The summed E-state index contributed by atoms with van der Waals surface area (Å²) >= 11 is 0. The number of carbonyl (C=O) groups is 1. The zero-order valence-corrected chi connectivity index (χ0v) is 20.4. The first-order valence-corrected chi connectivity index (χ1v) is 12.1. The highest BCUT2D eigenvalue weighted by molar-refractivity contribution is 6.04. The van der Waals surface area contributed by atoms with E-state index in [4.69, 9.17) is 4.74 Å². The predicted molar refractivity (Wildman–Crippen MR) is 132 cm³/mol. The Balaban J connectivity index is 1.48. The number of hydrogen-bond acceptors (Lipinski definition) is 4. The lowest BCUT2D eigenvalue weighted by molar-refractivity contribution is -0.0280. The first-order chi connectivity index (χ1) is 17.8. The second kappa shape index (κ2) is 8.65.